The molecule has 0 radical (unpaired) electrons. The van der Waals surface area contributed by atoms with Crippen molar-refractivity contribution in [1.82, 2.24) is 5.32 Å². The number of hydrogen-bond donors (Lipinski definition) is 2. The van der Waals surface area contributed by atoms with E-state index < -0.39 is 5.97 Å². The summed E-state index contributed by atoms with van der Waals surface area (Å²) in [5, 5.41) is 5.55. The van der Waals surface area contributed by atoms with Gasteiger partial charge < -0.3 is 20.1 Å². The largest absolute Gasteiger partial charge is 0.494 e. The van der Waals surface area contributed by atoms with Gasteiger partial charge in [-0.05, 0) is 61.4 Å². The van der Waals surface area contributed by atoms with E-state index in [2.05, 4.69) is 11.9 Å². The first-order chi connectivity index (χ1) is 17.9. The van der Waals surface area contributed by atoms with Crippen LogP contribution in [0.3, 0.4) is 0 Å². The summed E-state index contributed by atoms with van der Waals surface area (Å²) in [7, 11) is 1.89. The standard InChI is InChI=1S/C29H34Cl2N2O4/c1-3-4-11-22(21-32-2)28(34)33-16-9-7-5-6-8-10-17-36-26-12-14-27(15-13-26)37-29(35)23-18-24(30)20-25(31)19-23/h3-4,11-15,18-21,32H,1,5-10,16-17H2,2H3,(H,33,34)/p+1/b11-4-,22-21+. The molecule has 0 fully saturated rings. The van der Waals surface area contributed by atoms with Crippen LogP contribution in [0.15, 0.2) is 79.0 Å². The van der Waals surface area contributed by atoms with Crippen molar-refractivity contribution in [3.05, 3.63) is 94.7 Å². The van der Waals surface area contributed by atoms with Crippen LogP contribution in [0.2, 0.25) is 10.0 Å². The van der Waals surface area contributed by atoms with Gasteiger partial charge in [-0.25, -0.2) is 4.79 Å². The maximum atomic E-state index is 12.3. The maximum absolute atomic E-state index is 12.3. The van der Waals surface area contributed by atoms with Crippen molar-refractivity contribution in [3.8, 4) is 11.5 Å². The van der Waals surface area contributed by atoms with Gasteiger partial charge in [0.15, 0.2) is 0 Å². The summed E-state index contributed by atoms with van der Waals surface area (Å²) in [6.07, 6.45) is 13.3. The highest BCUT2D eigenvalue weighted by Crippen LogP contribution is 2.22. The monoisotopic (exact) mass is 545 g/mol. The van der Waals surface area contributed by atoms with Crippen molar-refractivity contribution in [2.75, 3.05) is 20.2 Å². The maximum Gasteiger partial charge on any atom is 0.343 e. The molecule has 0 bridgehead atoms. The van der Waals surface area contributed by atoms with E-state index in [0.29, 0.717) is 34.5 Å². The number of ether oxygens (including phenoxy) is 2. The lowest BCUT2D eigenvalue weighted by Gasteiger charge is -2.08. The van der Waals surface area contributed by atoms with Gasteiger partial charge >= 0.3 is 5.97 Å². The number of nitrogens with two attached hydrogens (primary N) is 1. The zero-order chi connectivity index (χ0) is 26.9. The van der Waals surface area contributed by atoms with Gasteiger partial charge in [-0.15, -0.1) is 0 Å². The Kier molecular flexibility index (Phi) is 14.2. The van der Waals surface area contributed by atoms with Crippen LogP contribution in [-0.4, -0.2) is 32.1 Å². The third kappa shape index (κ3) is 12.2. The van der Waals surface area contributed by atoms with Crippen molar-refractivity contribution in [2.24, 2.45) is 0 Å². The van der Waals surface area contributed by atoms with E-state index in [1.807, 2.05) is 12.4 Å². The highest BCUT2D eigenvalue weighted by Gasteiger charge is 2.11. The van der Waals surface area contributed by atoms with E-state index in [4.69, 9.17) is 32.7 Å². The summed E-state index contributed by atoms with van der Waals surface area (Å²) in [6, 6.07) is 11.5. The molecule has 0 saturated carbocycles. The Morgan fingerprint density at radius 1 is 0.946 bits per heavy atom. The van der Waals surface area contributed by atoms with Gasteiger partial charge in [0.05, 0.1) is 24.8 Å². The SMILES string of the molecule is C=C/C=C\C(=C/[NH2+]C)C(=O)NCCCCCCCCOc1ccc(OC(=O)c2cc(Cl)cc(Cl)c2)cc1. The number of carbonyl (C=O) groups is 2. The van der Waals surface area contributed by atoms with Crippen LogP contribution in [0.5, 0.6) is 11.5 Å². The normalized spacial score (nSPS) is 11.4. The molecule has 1 amide bonds. The minimum atomic E-state index is -0.530. The number of benzene rings is 2. The average Bonchev–Trinajstić information content (AvgIpc) is 2.87. The minimum absolute atomic E-state index is 0.0643. The summed E-state index contributed by atoms with van der Waals surface area (Å²) in [5.41, 5.74) is 0.914. The second kappa shape index (κ2) is 17.4. The van der Waals surface area contributed by atoms with Gasteiger partial charge in [-0.1, -0.05) is 67.6 Å². The van der Waals surface area contributed by atoms with Crippen molar-refractivity contribution in [3.63, 3.8) is 0 Å². The number of rotatable bonds is 16. The fourth-order valence-electron chi connectivity index (χ4n) is 3.43. The Labute approximate surface area is 229 Å². The number of carbonyl (C=O) groups excluding carboxylic acids is 2. The summed E-state index contributed by atoms with van der Waals surface area (Å²) in [6.45, 7) is 4.92. The molecule has 0 saturated heterocycles. The predicted molar refractivity (Wildman–Crippen MR) is 149 cm³/mol. The van der Waals surface area contributed by atoms with Crippen LogP contribution in [0, 0.1) is 0 Å². The molecule has 8 heteroatoms. The Bertz CT molecular complexity index is 1060. The number of amides is 1. The molecule has 37 heavy (non-hydrogen) atoms. The third-order valence-electron chi connectivity index (χ3n) is 5.28. The average molecular weight is 547 g/mol. The second-order valence-electron chi connectivity index (χ2n) is 8.29. The fraction of sp³-hybridized carbons (Fsp3) is 0.310. The van der Waals surface area contributed by atoms with E-state index in [-0.39, 0.29) is 11.5 Å². The minimum Gasteiger partial charge on any atom is -0.494 e. The molecule has 2 rings (SSSR count). The van der Waals surface area contributed by atoms with Gasteiger partial charge in [-0.2, -0.15) is 0 Å². The molecule has 0 spiro atoms. The molecule has 0 unspecified atom stereocenters. The van der Waals surface area contributed by atoms with E-state index >= 15 is 0 Å². The van der Waals surface area contributed by atoms with E-state index in [1.165, 1.54) is 12.1 Å². The van der Waals surface area contributed by atoms with Crippen molar-refractivity contribution in [1.29, 1.82) is 0 Å². The van der Waals surface area contributed by atoms with Gasteiger partial charge in [0, 0.05) is 16.6 Å². The Hall–Kier alpha value is -3.06. The molecule has 2 aromatic rings. The number of allylic oxidation sites excluding steroid dienone is 2. The van der Waals surface area contributed by atoms with Crippen LogP contribution in [0.25, 0.3) is 0 Å². The van der Waals surface area contributed by atoms with Crippen LogP contribution >= 0.6 is 23.2 Å². The molecule has 6 nitrogen and oxygen atoms in total. The lowest BCUT2D eigenvalue weighted by atomic mass is 10.1. The first-order valence-corrected chi connectivity index (χ1v) is 13.2. The number of hydrogen-bond acceptors (Lipinski definition) is 4. The molecule has 0 aliphatic heterocycles. The molecule has 0 aliphatic carbocycles. The highest BCUT2D eigenvalue weighted by molar-refractivity contribution is 6.35. The van der Waals surface area contributed by atoms with E-state index in [9.17, 15) is 9.59 Å². The molecular weight excluding hydrogens is 511 g/mol. The van der Waals surface area contributed by atoms with Crippen LogP contribution in [0.1, 0.15) is 48.9 Å². The Morgan fingerprint density at radius 2 is 1.57 bits per heavy atom. The molecule has 3 N–H and O–H groups in total. The van der Waals surface area contributed by atoms with Gasteiger partial charge in [0.1, 0.15) is 17.7 Å². The quantitative estimate of drug-likeness (QED) is 0.0908. The molecular formula is C29H35Cl2N2O4+. The summed E-state index contributed by atoms with van der Waals surface area (Å²) >= 11 is 11.9. The zero-order valence-corrected chi connectivity index (χ0v) is 22.7. The molecule has 198 valence electrons. The number of unbranched alkanes of at least 4 members (excludes halogenated alkanes) is 5. The first kappa shape index (κ1) is 30.2. The van der Waals surface area contributed by atoms with E-state index in [1.54, 1.807) is 54.8 Å². The topological polar surface area (TPSA) is 81.2 Å². The third-order valence-corrected chi connectivity index (χ3v) is 5.71. The molecule has 0 atom stereocenters. The number of esters is 1. The van der Waals surface area contributed by atoms with Crippen molar-refractivity contribution < 1.29 is 24.4 Å². The van der Waals surface area contributed by atoms with Crippen molar-refractivity contribution >= 4 is 35.1 Å². The summed E-state index contributed by atoms with van der Waals surface area (Å²) in [5.74, 6) is 0.538. The molecule has 0 aromatic heterocycles. The first-order valence-electron chi connectivity index (χ1n) is 12.4. The number of nitrogens with one attached hydrogen (secondary N) is 1. The molecule has 0 aliphatic rings. The molecule has 2 aromatic carbocycles. The Balaban J connectivity index is 1.55. The van der Waals surface area contributed by atoms with Crippen LogP contribution < -0.4 is 20.1 Å². The molecule has 0 heterocycles. The number of quaternary nitrogens is 1. The summed E-state index contributed by atoms with van der Waals surface area (Å²) < 4.78 is 11.2. The van der Waals surface area contributed by atoms with Crippen LogP contribution in [0.4, 0.5) is 0 Å². The highest BCUT2D eigenvalue weighted by atomic mass is 35.5. The van der Waals surface area contributed by atoms with E-state index in [0.717, 1.165) is 44.3 Å². The number of halogens is 2. The van der Waals surface area contributed by atoms with Crippen LogP contribution in [-0.2, 0) is 4.79 Å². The zero-order valence-electron chi connectivity index (χ0n) is 21.2. The Morgan fingerprint density at radius 3 is 2.22 bits per heavy atom. The lowest BCUT2D eigenvalue weighted by Crippen LogP contribution is -2.73. The van der Waals surface area contributed by atoms with Crippen molar-refractivity contribution in [2.45, 2.75) is 38.5 Å². The van der Waals surface area contributed by atoms with Gasteiger partial charge in [0.2, 0.25) is 0 Å². The smallest absolute Gasteiger partial charge is 0.343 e. The lowest BCUT2D eigenvalue weighted by molar-refractivity contribution is -0.556. The predicted octanol–water partition coefficient (Wildman–Crippen LogP) is 5.87. The van der Waals surface area contributed by atoms with Gasteiger partial charge in [0.25, 0.3) is 5.91 Å². The second-order valence-corrected chi connectivity index (χ2v) is 9.17. The summed E-state index contributed by atoms with van der Waals surface area (Å²) in [4.78, 5) is 24.5. The van der Waals surface area contributed by atoms with Gasteiger partial charge in [-0.3, -0.25) is 4.79 Å². The fourth-order valence-corrected chi connectivity index (χ4v) is 3.95.